The van der Waals surface area contributed by atoms with E-state index in [4.69, 9.17) is 4.74 Å². The lowest BCUT2D eigenvalue weighted by atomic mass is 10.1. The van der Waals surface area contributed by atoms with Crippen molar-refractivity contribution in [1.82, 2.24) is 4.98 Å². The van der Waals surface area contributed by atoms with Crippen molar-refractivity contribution in [3.63, 3.8) is 0 Å². The summed E-state index contributed by atoms with van der Waals surface area (Å²) in [6, 6.07) is 9.60. The summed E-state index contributed by atoms with van der Waals surface area (Å²) < 4.78 is 42.8. The molecule has 26 heavy (non-hydrogen) atoms. The Balaban J connectivity index is 1.95. The third-order valence-electron chi connectivity index (χ3n) is 3.59. The standard InChI is InChI=1S/C18H13F3N2O2S/c1-25-17(24)11-2-7-15(14(10-11)16-22-8-9-26-16)23-13-5-3-12(4-6-13)18(19,20)21/h2-10,23H,1H3. The Morgan fingerprint density at radius 1 is 1.15 bits per heavy atom. The normalized spacial score (nSPS) is 11.2. The van der Waals surface area contributed by atoms with Crippen LogP contribution in [0.4, 0.5) is 24.5 Å². The predicted molar refractivity (Wildman–Crippen MR) is 93.6 cm³/mol. The van der Waals surface area contributed by atoms with Gasteiger partial charge >= 0.3 is 12.1 Å². The molecule has 3 aromatic rings. The molecule has 1 aromatic heterocycles. The Bertz CT molecular complexity index is 907. The van der Waals surface area contributed by atoms with Crippen molar-refractivity contribution in [2.24, 2.45) is 0 Å². The Morgan fingerprint density at radius 3 is 2.46 bits per heavy atom. The minimum Gasteiger partial charge on any atom is -0.465 e. The van der Waals surface area contributed by atoms with Gasteiger partial charge in [-0.15, -0.1) is 11.3 Å². The number of methoxy groups -OCH3 is 1. The molecule has 1 N–H and O–H groups in total. The van der Waals surface area contributed by atoms with Gasteiger partial charge in [0, 0.05) is 28.5 Å². The lowest BCUT2D eigenvalue weighted by molar-refractivity contribution is -0.137. The number of ether oxygens (including phenoxy) is 1. The average molecular weight is 378 g/mol. The van der Waals surface area contributed by atoms with Gasteiger partial charge in [0.2, 0.25) is 0 Å². The fourth-order valence-corrected chi connectivity index (χ4v) is 3.00. The van der Waals surface area contributed by atoms with Crippen molar-refractivity contribution in [2.75, 3.05) is 12.4 Å². The molecule has 0 amide bonds. The summed E-state index contributed by atoms with van der Waals surface area (Å²) in [5.74, 6) is -0.483. The number of nitrogens with zero attached hydrogens (tertiary/aromatic N) is 1. The summed E-state index contributed by atoms with van der Waals surface area (Å²) in [6.45, 7) is 0. The molecule has 0 saturated carbocycles. The van der Waals surface area contributed by atoms with Gasteiger partial charge in [-0.25, -0.2) is 9.78 Å². The number of rotatable bonds is 4. The molecule has 0 unspecified atom stereocenters. The summed E-state index contributed by atoms with van der Waals surface area (Å²) in [6.07, 6.45) is -2.75. The number of thiazole rings is 1. The molecule has 0 bridgehead atoms. The van der Waals surface area contributed by atoms with Crippen molar-refractivity contribution >= 4 is 28.7 Å². The molecule has 1 heterocycles. The molecule has 8 heteroatoms. The highest BCUT2D eigenvalue weighted by Gasteiger charge is 2.30. The van der Waals surface area contributed by atoms with Crippen molar-refractivity contribution in [1.29, 1.82) is 0 Å². The van der Waals surface area contributed by atoms with E-state index >= 15 is 0 Å². The van der Waals surface area contributed by atoms with E-state index in [1.54, 1.807) is 29.8 Å². The van der Waals surface area contributed by atoms with Crippen molar-refractivity contribution in [3.8, 4) is 10.6 Å². The number of carbonyl (C=O) groups excluding carboxylic acids is 1. The van der Waals surface area contributed by atoms with Crippen molar-refractivity contribution in [2.45, 2.75) is 6.18 Å². The molecule has 4 nitrogen and oxygen atoms in total. The van der Waals surface area contributed by atoms with Gasteiger partial charge in [0.05, 0.1) is 18.2 Å². The van der Waals surface area contributed by atoms with Gasteiger partial charge in [0.25, 0.3) is 0 Å². The van der Waals surface area contributed by atoms with E-state index < -0.39 is 17.7 Å². The molecular formula is C18H13F3N2O2S. The second-order valence-electron chi connectivity index (χ2n) is 5.29. The molecule has 0 atom stereocenters. The van der Waals surface area contributed by atoms with Gasteiger partial charge < -0.3 is 10.1 Å². The van der Waals surface area contributed by atoms with E-state index in [1.165, 1.54) is 30.6 Å². The van der Waals surface area contributed by atoms with Gasteiger partial charge in [-0.3, -0.25) is 0 Å². The minimum absolute atomic E-state index is 0.357. The topological polar surface area (TPSA) is 51.2 Å². The lowest BCUT2D eigenvalue weighted by Gasteiger charge is -2.13. The molecule has 0 saturated heterocycles. The van der Waals surface area contributed by atoms with E-state index in [2.05, 4.69) is 10.3 Å². The molecule has 0 radical (unpaired) electrons. The molecule has 0 aliphatic rings. The number of alkyl halides is 3. The van der Waals surface area contributed by atoms with Crippen LogP contribution in [0.15, 0.2) is 54.0 Å². The van der Waals surface area contributed by atoms with Crippen LogP contribution in [-0.2, 0) is 10.9 Å². The SMILES string of the molecule is COC(=O)c1ccc(Nc2ccc(C(F)(F)F)cc2)c(-c2nccs2)c1. The van der Waals surface area contributed by atoms with E-state index in [0.29, 0.717) is 27.5 Å². The number of benzene rings is 2. The molecule has 0 spiro atoms. The third-order valence-corrected chi connectivity index (χ3v) is 4.40. The minimum atomic E-state index is -4.38. The molecular weight excluding hydrogens is 365 g/mol. The fraction of sp³-hybridized carbons (Fsp3) is 0.111. The first-order chi connectivity index (χ1) is 12.4. The zero-order valence-corrected chi connectivity index (χ0v) is 14.3. The number of hydrogen-bond acceptors (Lipinski definition) is 5. The van der Waals surface area contributed by atoms with Crippen molar-refractivity contribution in [3.05, 3.63) is 65.2 Å². The Morgan fingerprint density at radius 2 is 1.88 bits per heavy atom. The largest absolute Gasteiger partial charge is 0.465 e. The van der Waals surface area contributed by atoms with E-state index in [9.17, 15) is 18.0 Å². The van der Waals surface area contributed by atoms with E-state index in [1.807, 2.05) is 0 Å². The van der Waals surface area contributed by atoms with Crippen molar-refractivity contribution < 1.29 is 22.7 Å². The zero-order chi connectivity index (χ0) is 18.7. The van der Waals surface area contributed by atoms with Crippen LogP contribution < -0.4 is 5.32 Å². The van der Waals surface area contributed by atoms with Crippen LogP contribution in [0.5, 0.6) is 0 Å². The highest BCUT2D eigenvalue weighted by Crippen LogP contribution is 2.34. The van der Waals surface area contributed by atoms with E-state index in [0.717, 1.165) is 12.1 Å². The highest BCUT2D eigenvalue weighted by molar-refractivity contribution is 7.13. The van der Waals surface area contributed by atoms with Gasteiger partial charge in [0.1, 0.15) is 5.01 Å². The first-order valence-electron chi connectivity index (χ1n) is 7.45. The smallest absolute Gasteiger partial charge is 0.416 e. The predicted octanol–water partition coefficient (Wildman–Crippen LogP) is 5.36. The third kappa shape index (κ3) is 3.85. The monoisotopic (exact) mass is 378 g/mol. The second-order valence-corrected chi connectivity index (χ2v) is 6.18. The van der Waals surface area contributed by atoms with Gasteiger partial charge in [-0.2, -0.15) is 13.2 Å². The van der Waals surface area contributed by atoms with Crippen LogP contribution in [0.1, 0.15) is 15.9 Å². The molecule has 0 aliphatic heterocycles. The molecule has 0 fully saturated rings. The Labute approximate surface area is 151 Å². The maximum atomic E-state index is 12.7. The number of carbonyl (C=O) groups is 1. The number of hydrogen-bond donors (Lipinski definition) is 1. The number of anilines is 2. The number of halogens is 3. The maximum Gasteiger partial charge on any atom is 0.416 e. The zero-order valence-electron chi connectivity index (χ0n) is 13.5. The van der Waals surface area contributed by atoms with Crippen LogP contribution in [0.3, 0.4) is 0 Å². The van der Waals surface area contributed by atoms with Crippen LogP contribution >= 0.6 is 11.3 Å². The maximum absolute atomic E-state index is 12.7. The summed E-state index contributed by atoms with van der Waals surface area (Å²) >= 11 is 1.38. The summed E-state index contributed by atoms with van der Waals surface area (Å²) in [5, 5.41) is 5.54. The van der Waals surface area contributed by atoms with Crippen LogP contribution in [0.25, 0.3) is 10.6 Å². The number of aromatic nitrogens is 1. The number of esters is 1. The highest BCUT2D eigenvalue weighted by atomic mass is 32.1. The molecule has 134 valence electrons. The fourth-order valence-electron chi connectivity index (χ4n) is 2.33. The van der Waals surface area contributed by atoms with E-state index in [-0.39, 0.29) is 0 Å². The van der Waals surface area contributed by atoms with Crippen LogP contribution in [0, 0.1) is 0 Å². The Hall–Kier alpha value is -2.87. The molecule has 2 aromatic carbocycles. The summed E-state index contributed by atoms with van der Waals surface area (Å²) in [5.41, 5.74) is 1.40. The molecule has 0 aliphatic carbocycles. The summed E-state index contributed by atoms with van der Waals surface area (Å²) in [4.78, 5) is 16.0. The van der Waals surface area contributed by atoms with Gasteiger partial charge in [0.15, 0.2) is 0 Å². The van der Waals surface area contributed by atoms with Gasteiger partial charge in [-0.05, 0) is 42.5 Å². The lowest BCUT2D eigenvalue weighted by Crippen LogP contribution is -2.05. The Kier molecular flexibility index (Phi) is 4.94. The second kappa shape index (κ2) is 7.17. The molecule has 3 rings (SSSR count). The average Bonchev–Trinajstić information content (AvgIpc) is 3.15. The number of nitrogens with one attached hydrogen (secondary N) is 1. The van der Waals surface area contributed by atoms with Gasteiger partial charge in [-0.1, -0.05) is 0 Å². The first-order valence-corrected chi connectivity index (χ1v) is 8.33. The van der Waals surface area contributed by atoms with Crippen LogP contribution in [0.2, 0.25) is 0 Å². The first kappa shape index (κ1) is 17.9. The summed E-state index contributed by atoms with van der Waals surface area (Å²) in [7, 11) is 1.29. The van der Waals surface area contributed by atoms with Crippen LogP contribution in [-0.4, -0.2) is 18.1 Å². The quantitative estimate of drug-likeness (QED) is 0.621.